The molecule has 4 rings (SSSR count). The van der Waals surface area contributed by atoms with E-state index in [9.17, 15) is 24.6 Å². The van der Waals surface area contributed by atoms with E-state index >= 15 is 0 Å². The highest BCUT2D eigenvalue weighted by Gasteiger charge is 2.83. The maximum atomic E-state index is 13.5. The number of esters is 2. The van der Waals surface area contributed by atoms with Crippen molar-refractivity contribution in [3.8, 4) is 0 Å². The van der Waals surface area contributed by atoms with E-state index in [0.29, 0.717) is 30.4 Å². The Kier molecular flexibility index (Phi) is 13.8. The number of ketones is 1. The largest absolute Gasteiger partial charge is 0.461 e. The molecule has 0 saturated heterocycles. The van der Waals surface area contributed by atoms with Crippen LogP contribution in [0.15, 0.2) is 23.3 Å². The second kappa shape index (κ2) is 17.0. The Morgan fingerprint density at radius 1 is 0.796 bits per heavy atom. The molecule has 49 heavy (non-hydrogen) atoms. The standard InChI is InChI=1S/C42H68O7/c1-7-9-11-13-15-16-18-20-22-24-36(44)49-41-27-31(4)42(47)33(37(41)39(41,5)6)26-32(28-40(46)34(42)25-30(3)38(40)45)29-48-35(43)23-21-19-17-14-12-10-8-2/h25-26,31,33-34,37,46-47H,7-24,27-29H2,1-6H3. The van der Waals surface area contributed by atoms with E-state index in [1.807, 2.05) is 13.0 Å². The van der Waals surface area contributed by atoms with Crippen LogP contribution in [0, 0.1) is 29.1 Å². The minimum Gasteiger partial charge on any atom is -0.461 e. The summed E-state index contributed by atoms with van der Waals surface area (Å²) in [4.78, 5) is 39.6. The second-order valence-corrected chi connectivity index (χ2v) is 16.8. The lowest BCUT2D eigenvalue weighted by atomic mass is 9.60. The van der Waals surface area contributed by atoms with Gasteiger partial charge in [0.25, 0.3) is 0 Å². The van der Waals surface area contributed by atoms with Gasteiger partial charge in [0, 0.05) is 42.4 Å². The van der Waals surface area contributed by atoms with Crippen molar-refractivity contribution in [3.05, 3.63) is 23.3 Å². The van der Waals surface area contributed by atoms with Gasteiger partial charge in [-0.05, 0) is 43.3 Å². The molecular weight excluding hydrogens is 616 g/mol. The molecule has 4 aliphatic rings. The van der Waals surface area contributed by atoms with Crippen LogP contribution in [-0.2, 0) is 23.9 Å². The van der Waals surface area contributed by atoms with Crippen LogP contribution in [0.1, 0.15) is 170 Å². The van der Waals surface area contributed by atoms with Crippen LogP contribution >= 0.6 is 0 Å². The monoisotopic (exact) mass is 684 g/mol. The van der Waals surface area contributed by atoms with E-state index in [4.69, 9.17) is 9.47 Å². The number of fused-ring (bicyclic) bond motifs is 5. The third kappa shape index (κ3) is 8.40. The van der Waals surface area contributed by atoms with E-state index < -0.39 is 34.1 Å². The fourth-order valence-electron chi connectivity index (χ4n) is 9.89. The molecule has 7 atom stereocenters. The van der Waals surface area contributed by atoms with Gasteiger partial charge in [-0.3, -0.25) is 14.4 Å². The molecule has 0 aromatic rings. The molecule has 2 fully saturated rings. The highest BCUT2D eigenvalue weighted by atomic mass is 16.6. The van der Waals surface area contributed by atoms with E-state index in [1.165, 1.54) is 64.2 Å². The predicted octanol–water partition coefficient (Wildman–Crippen LogP) is 9.12. The summed E-state index contributed by atoms with van der Waals surface area (Å²) in [6.45, 7) is 12.3. The lowest BCUT2D eigenvalue weighted by Crippen LogP contribution is -2.61. The van der Waals surface area contributed by atoms with Crippen LogP contribution in [0.4, 0.5) is 0 Å². The Hall–Kier alpha value is -1.99. The zero-order valence-electron chi connectivity index (χ0n) is 31.7. The Morgan fingerprint density at radius 3 is 1.86 bits per heavy atom. The summed E-state index contributed by atoms with van der Waals surface area (Å²) in [7, 11) is 0. The summed E-state index contributed by atoms with van der Waals surface area (Å²) in [6.07, 6.45) is 23.3. The molecule has 0 radical (unpaired) electrons. The summed E-state index contributed by atoms with van der Waals surface area (Å²) in [6, 6.07) is 0. The molecule has 2 N–H and O–H groups in total. The van der Waals surface area contributed by atoms with Crippen LogP contribution in [0.25, 0.3) is 0 Å². The SMILES string of the molecule is CCCCCCCCCCCC(=O)OC12CC(C)C3(O)C(C=C(COC(=O)CCCCCCCCC)CC4(O)C(=O)C(C)=CC43)C1C2(C)C. The van der Waals surface area contributed by atoms with E-state index in [-0.39, 0.29) is 42.6 Å². The highest BCUT2D eigenvalue weighted by Crippen LogP contribution is 2.76. The highest BCUT2D eigenvalue weighted by molar-refractivity contribution is 6.04. The molecule has 7 nitrogen and oxygen atoms in total. The lowest BCUT2D eigenvalue weighted by Gasteiger charge is -2.50. The molecule has 4 aliphatic carbocycles. The topological polar surface area (TPSA) is 110 Å². The molecule has 0 spiro atoms. The van der Waals surface area contributed by atoms with Crippen molar-refractivity contribution >= 4 is 17.7 Å². The third-order valence-corrected chi connectivity index (χ3v) is 12.9. The number of aliphatic hydroxyl groups is 2. The van der Waals surface area contributed by atoms with Crippen molar-refractivity contribution in [2.24, 2.45) is 29.1 Å². The Balaban J connectivity index is 1.44. The maximum absolute atomic E-state index is 13.5. The molecule has 0 aromatic carbocycles. The number of ether oxygens (including phenoxy) is 2. The van der Waals surface area contributed by atoms with Gasteiger partial charge in [-0.2, -0.15) is 0 Å². The second-order valence-electron chi connectivity index (χ2n) is 16.8. The normalized spacial score (nSPS) is 32.7. The molecule has 0 aromatic heterocycles. The molecule has 7 unspecified atom stereocenters. The summed E-state index contributed by atoms with van der Waals surface area (Å²) < 4.78 is 12.2. The zero-order valence-corrected chi connectivity index (χ0v) is 31.7. The van der Waals surface area contributed by atoms with Crippen molar-refractivity contribution in [1.82, 2.24) is 0 Å². The summed E-state index contributed by atoms with van der Waals surface area (Å²) >= 11 is 0. The first-order valence-corrected chi connectivity index (χ1v) is 20.0. The molecule has 2 saturated carbocycles. The van der Waals surface area contributed by atoms with Gasteiger partial charge < -0.3 is 19.7 Å². The van der Waals surface area contributed by atoms with Crippen molar-refractivity contribution in [3.63, 3.8) is 0 Å². The smallest absolute Gasteiger partial charge is 0.306 e. The number of unbranched alkanes of at least 4 members (excludes halogenated alkanes) is 14. The Morgan fingerprint density at radius 2 is 1.31 bits per heavy atom. The number of rotatable bonds is 21. The van der Waals surface area contributed by atoms with Gasteiger partial charge in [-0.15, -0.1) is 0 Å². The van der Waals surface area contributed by atoms with Crippen molar-refractivity contribution in [2.45, 2.75) is 187 Å². The fourth-order valence-corrected chi connectivity index (χ4v) is 9.89. The fraction of sp³-hybridized carbons (Fsp3) is 0.833. The Labute approximate surface area is 297 Å². The van der Waals surface area contributed by atoms with Gasteiger partial charge >= 0.3 is 11.9 Å². The lowest BCUT2D eigenvalue weighted by molar-refractivity contribution is -0.187. The quantitative estimate of drug-likeness (QED) is 0.0705. The summed E-state index contributed by atoms with van der Waals surface area (Å²) in [5.74, 6) is -2.70. The number of hydrogen-bond donors (Lipinski definition) is 2. The van der Waals surface area contributed by atoms with Gasteiger partial charge in [0.05, 0.1) is 5.60 Å². The van der Waals surface area contributed by atoms with Crippen LogP contribution < -0.4 is 0 Å². The van der Waals surface area contributed by atoms with Gasteiger partial charge in [-0.1, -0.05) is 137 Å². The van der Waals surface area contributed by atoms with Gasteiger partial charge in [0.2, 0.25) is 0 Å². The minimum absolute atomic E-state index is 0.000874. The first-order chi connectivity index (χ1) is 23.3. The molecule has 0 heterocycles. The van der Waals surface area contributed by atoms with Crippen molar-refractivity contribution < 1.29 is 34.1 Å². The molecular formula is C42H68O7. The van der Waals surface area contributed by atoms with Crippen LogP contribution in [0.3, 0.4) is 0 Å². The molecule has 278 valence electrons. The van der Waals surface area contributed by atoms with Gasteiger partial charge in [-0.25, -0.2) is 0 Å². The first kappa shape index (κ1) is 39.8. The van der Waals surface area contributed by atoms with Crippen LogP contribution in [0.2, 0.25) is 0 Å². The maximum Gasteiger partial charge on any atom is 0.306 e. The molecule has 7 heteroatoms. The average molecular weight is 685 g/mol. The number of hydrogen-bond acceptors (Lipinski definition) is 7. The first-order valence-electron chi connectivity index (χ1n) is 20.0. The van der Waals surface area contributed by atoms with E-state index in [2.05, 4.69) is 27.7 Å². The number of carbonyl (C=O) groups is 3. The average Bonchev–Trinajstić information content (AvgIpc) is 3.46. The molecule has 0 amide bonds. The zero-order chi connectivity index (χ0) is 35.9. The van der Waals surface area contributed by atoms with Gasteiger partial charge in [0.15, 0.2) is 5.78 Å². The number of Topliss-reactive ketones (excluding diaryl/α,β-unsaturated/α-hetero) is 1. The minimum atomic E-state index is -1.82. The third-order valence-electron chi connectivity index (χ3n) is 12.9. The van der Waals surface area contributed by atoms with E-state index in [1.54, 1.807) is 13.0 Å². The number of carbonyl (C=O) groups excluding carboxylic acids is 3. The van der Waals surface area contributed by atoms with E-state index in [0.717, 1.165) is 38.5 Å². The van der Waals surface area contributed by atoms with Crippen molar-refractivity contribution in [2.75, 3.05) is 6.61 Å². The summed E-state index contributed by atoms with van der Waals surface area (Å²) in [5, 5.41) is 24.8. The Bertz CT molecular complexity index is 1220. The summed E-state index contributed by atoms with van der Waals surface area (Å²) in [5.41, 5.74) is -3.31. The molecule has 0 aliphatic heterocycles. The molecule has 0 bridgehead atoms. The predicted molar refractivity (Wildman–Crippen MR) is 194 cm³/mol. The van der Waals surface area contributed by atoms with Crippen molar-refractivity contribution in [1.29, 1.82) is 0 Å². The van der Waals surface area contributed by atoms with Crippen LogP contribution in [0.5, 0.6) is 0 Å². The van der Waals surface area contributed by atoms with Crippen LogP contribution in [-0.4, -0.2) is 51.3 Å². The van der Waals surface area contributed by atoms with Gasteiger partial charge in [0.1, 0.15) is 17.8 Å².